The zero-order valence-electron chi connectivity index (χ0n) is 14.7. The number of nitrogens with zero attached hydrogens (tertiary/aromatic N) is 1. The van der Waals surface area contributed by atoms with E-state index in [1.165, 1.54) is 14.2 Å². The highest BCUT2D eigenvalue weighted by Gasteiger charge is 2.27. The van der Waals surface area contributed by atoms with Gasteiger partial charge in [-0.1, -0.05) is 19.9 Å². The molecule has 2 atom stereocenters. The third-order valence-electron chi connectivity index (χ3n) is 4.18. The summed E-state index contributed by atoms with van der Waals surface area (Å²) in [6.45, 7) is 5.39. The van der Waals surface area contributed by atoms with E-state index in [4.69, 9.17) is 14.2 Å². The van der Waals surface area contributed by atoms with E-state index in [1.54, 1.807) is 23.1 Å². The molecular weight excluding hydrogens is 310 g/mol. The van der Waals surface area contributed by atoms with Gasteiger partial charge in [0.25, 0.3) is 5.91 Å². The van der Waals surface area contributed by atoms with Crippen LogP contribution in [0.2, 0.25) is 0 Å². The first kappa shape index (κ1) is 18.1. The van der Waals surface area contributed by atoms with Crippen LogP contribution in [0.25, 0.3) is 0 Å². The van der Waals surface area contributed by atoms with Crippen molar-refractivity contribution < 1.29 is 23.8 Å². The molecule has 1 aliphatic rings. The van der Waals surface area contributed by atoms with Crippen molar-refractivity contribution in [2.45, 2.75) is 20.3 Å². The Morgan fingerprint density at radius 3 is 2.12 bits per heavy atom. The maximum atomic E-state index is 12.4. The molecule has 6 nitrogen and oxygen atoms in total. The molecule has 0 bridgehead atoms. The zero-order chi connectivity index (χ0) is 17.7. The molecule has 0 radical (unpaired) electrons. The van der Waals surface area contributed by atoms with Gasteiger partial charge in [-0.25, -0.2) is 4.79 Å². The number of esters is 1. The molecule has 132 valence electrons. The molecule has 0 aliphatic carbocycles. The minimum atomic E-state index is -0.629. The number of benzene rings is 1. The van der Waals surface area contributed by atoms with Gasteiger partial charge in [-0.2, -0.15) is 0 Å². The van der Waals surface area contributed by atoms with E-state index in [2.05, 4.69) is 13.8 Å². The summed E-state index contributed by atoms with van der Waals surface area (Å²) in [7, 11) is 2.93. The van der Waals surface area contributed by atoms with Gasteiger partial charge in [-0.15, -0.1) is 0 Å². The average molecular weight is 335 g/mol. The van der Waals surface area contributed by atoms with Crippen molar-refractivity contribution in [2.75, 3.05) is 33.9 Å². The summed E-state index contributed by atoms with van der Waals surface area (Å²) in [6.07, 6.45) is 1.11. The summed E-state index contributed by atoms with van der Waals surface area (Å²) in [6, 6.07) is 5.01. The Kier molecular flexibility index (Phi) is 6.06. The van der Waals surface area contributed by atoms with Gasteiger partial charge in [-0.3, -0.25) is 4.79 Å². The van der Waals surface area contributed by atoms with Crippen LogP contribution in [-0.4, -0.2) is 50.7 Å². The lowest BCUT2D eigenvalue weighted by molar-refractivity contribution is -0.137. The maximum Gasteiger partial charge on any atom is 0.346 e. The van der Waals surface area contributed by atoms with Gasteiger partial charge >= 0.3 is 5.97 Å². The first-order valence-corrected chi connectivity index (χ1v) is 8.12. The Morgan fingerprint density at radius 2 is 1.62 bits per heavy atom. The minimum Gasteiger partial charge on any atom is -0.496 e. The van der Waals surface area contributed by atoms with Crippen LogP contribution in [0.1, 0.15) is 30.6 Å². The smallest absolute Gasteiger partial charge is 0.346 e. The quantitative estimate of drug-likeness (QED) is 0.773. The van der Waals surface area contributed by atoms with E-state index < -0.39 is 5.97 Å². The van der Waals surface area contributed by atoms with Crippen molar-refractivity contribution in [3.63, 3.8) is 0 Å². The maximum absolute atomic E-state index is 12.4. The van der Waals surface area contributed by atoms with Crippen LogP contribution in [0.3, 0.4) is 0 Å². The fourth-order valence-electron chi connectivity index (χ4n) is 3.21. The number of rotatable bonds is 5. The molecule has 0 unspecified atom stereocenters. The molecule has 0 aromatic heterocycles. The summed E-state index contributed by atoms with van der Waals surface area (Å²) < 4.78 is 15.6. The fraction of sp³-hybridized carbons (Fsp3) is 0.556. The largest absolute Gasteiger partial charge is 0.496 e. The van der Waals surface area contributed by atoms with E-state index in [-0.39, 0.29) is 18.1 Å². The standard InChI is InChI=1S/C18H25NO5/c1-12-8-13(2)10-19(9-12)16(20)11-24-18(21)17-14(22-3)6-5-7-15(17)23-4/h5-7,12-13H,8-11H2,1-4H3/t12-,13-/m0/s1. The molecule has 1 saturated heterocycles. The second-order valence-electron chi connectivity index (χ2n) is 6.36. The number of amides is 1. The second-order valence-corrected chi connectivity index (χ2v) is 6.36. The molecule has 6 heteroatoms. The number of hydrogen-bond donors (Lipinski definition) is 0. The molecule has 1 amide bonds. The lowest BCUT2D eigenvalue weighted by atomic mass is 9.92. The topological polar surface area (TPSA) is 65.1 Å². The number of hydrogen-bond acceptors (Lipinski definition) is 5. The molecule has 2 rings (SSSR count). The first-order valence-electron chi connectivity index (χ1n) is 8.12. The van der Waals surface area contributed by atoms with Gasteiger partial charge in [0.05, 0.1) is 14.2 Å². The van der Waals surface area contributed by atoms with E-state index in [0.29, 0.717) is 36.4 Å². The fourth-order valence-corrected chi connectivity index (χ4v) is 3.21. The number of piperidine rings is 1. The molecule has 1 fully saturated rings. The molecule has 1 aromatic carbocycles. The molecule has 1 heterocycles. The van der Waals surface area contributed by atoms with Crippen molar-refractivity contribution in [1.82, 2.24) is 4.90 Å². The highest BCUT2D eigenvalue weighted by molar-refractivity contribution is 5.96. The average Bonchev–Trinajstić information content (AvgIpc) is 2.57. The Morgan fingerprint density at radius 1 is 1.08 bits per heavy atom. The molecule has 0 saturated carbocycles. The van der Waals surface area contributed by atoms with Crippen LogP contribution < -0.4 is 9.47 Å². The predicted octanol–water partition coefficient (Wildman–Crippen LogP) is 2.37. The van der Waals surface area contributed by atoms with E-state index in [9.17, 15) is 9.59 Å². The Balaban J connectivity index is 2.02. The van der Waals surface area contributed by atoms with Crippen LogP contribution in [0.5, 0.6) is 11.5 Å². The molecule has 0 spiro atoms. The molecule has 1 aromatic rings. The summed E-state index contributed by atoms with van der Waals surface area (Å²) in [5, 5.41) is 0. The van der Waals surface area contributed by atoms with Crippen LogP contribution in [0.15, 0.2) is 18.2 Å². The van der Waals surface area contributed by atoms with Crippen LogP contribution in [-0.2, 0) is 9.53 Å². The normalized spacial score (nSPS) is 20.4. The van der Waals surface area contributed by atoms with Gasteiger partial charge in [0.1, 0.15) is 17.1 Å². The van der Waals surface area contributed by atoms with Gasteiger partial charge in [0, 0.05) is 13.1 Å². The van der Waals surface area contributed by atoms with Crippen molar-refractivity contribution in [3.8, 4) is 11.5 Å². The van der Waals surface area contributed by atoms with Gasteiger partial charge in [0.2, 0.25) is 0 Å². The summed E-state index contributed by atoms with van der Waals surface area (Å²) in [5.41, 5.74) is 0.190. The Bertz CT molecular complexity index is 569. The lowest BCUT2D eigenvalue weighted by Gasteiger charge is -2.34. The van der Waals surface area contributed by atoms with Gasteiger partial charge in [-0.05, 0) is 30.4 Å². The predicted molar refractivity (Wildman–Crippen MR) is 89.4 cm³/mol. The van der Waals surface area contributed by atoms with Crippen molar-refractivity contribution in [3.05, 3.63) is 23.8 Å². The number of ether oxygens (including phenoxy) is 3. The van der Waals surface area contributed by atoms with Gasteiger partial charge < -0.3 is 19.1 Å². The van der Waals surface area contributed by atoms with Crippen LogP contribution >= 0.6 is 0 Å². The van der Waals surface area contributed by atoms with Crippen molar-refractivity contribution in [1.29, 1.82) is 0 Å². The van der Waals surface area contributed by atoms with Crippen molar-refractivity contribution >= 4 is 11.9 Å². The van der Waals surface area contributed by atoms with E-state index >= 15 is 0 Å². The highest BCUT2D eigenvalue weighted by atomic mass is 16.5. The Labute approximate surface area is 142 Å². The van der Waals surface area contributed by atoms with Gasteiger partial charge in [0.15, 0.2) is 6.61 Å². The molecule has 1 aliphatic heterocycles. The van der Waals surface area contributed by atoms with E-state index in [1.807, 2.05) is 0 Å². The SMILES string of the molecule is COc1cccc(OC)c1C(=O)OCC(=O)N1C[C@@H](C)C[C@H](C)C1. The van der Waals surface area contributed by atoms with Crippen molar-refractivity contribution in [2.24, 2.45) is 11.8 Å². The van der Waals surface area contributed by atoms with Crippen LogP contribution in [0, 0.1) is 11.8 Å². The lowest BCUT2D eigenvalue weighted by Crippen LogP contribution is -2.44. The second kappa shape index (κ2) is 8.04. The highest BCUT2D eigenvalue weighted by Crippen LogP contribution is 2.29. The van der Waals surface area contributed by atoms with Crippen LogP contribution in [0.4, 0.5) is 0 Å². The summed E-state index contributed by atoms with van der Waals surface area (Å²) >= 11 is 0. The molecule has 0 N–H and O–H groups in total. The zero-order valence-corrected chi connectivity index (χ0v) is 14.7. The monoisotopic (exact) mass is 335 g/mol. The van der Waals surface area contributed by atoms with E-state index in [0.717, 1.165) is 6.42 Å². The summed E-state index contributed by atoms with van der Waals surface area (Å²) in [5.74, 6) is 0.829. The molecular formula is C18H25NO5. The Hall–Kier alpha value is -2.24. The number of carbonyl (C=O) groups excluding carboxylic acids is 2. The minimum absolute atomic E-state index is 0.171. The third kappa shape index (κ3) is 4.19. The summed E-state index contributed by atoms with van der Waals surface area (Å²) in [4.78, 5) is 26.5. The molecule has 24 heavy (non-hydrogen) atoms. The first-order chi connectivity index (χ1) is 11.5. The number of methoxy groups -OCH3 is 2. The number of carbonyl (C=O) groups is 2. The third-order valence-corrected chi connectivity index (χ3v) is 4.18. The number of likely N-dealkylation sites (tertiary alicyclic amines) is 1.